The Hall–Kier alpha value is 1.13. The van der Waals surface area contributed by atoms with Crippen molar-refractivity contribution >= 4 is 30.4 Å². The van der Waals surface area contributed by atoms with Gasteiger partial charge in [0.05, 0.1) is 0 Å². The third kappa shape index (κ3) is 21.8. The molecule has 3 unspecified atom stereocenters. The Morgan fingerprint density at radius 3 is 1.46 bits per heavy atom. The SMILES string of the molecule is CC(CN(CP(=O)([O-])[O-])CP([O-])(O)=[OH+])N(CP(=O)([O-])[O-])CP([O-])(O)=[OH+].[NH2-].[NH2-].[Pt+2]. The number of hydrogen-bond acceptors (Lipinski definition) is 10. The molecule has 0 spiro atoms. The average Bonchev–Trinajstić information content (AvgIpc) is 2.18. The molecule has 0 radical (unpaired) electrons. The van der Waals surface area contributed by atoms with Crippen molar-refractivity contribution < 1.29 is 78.5 Å². The van der Waals surface area contributed by atoms with E-state index in [-0.39, 0.29) is 33.4 Å². The molecule has 16 nitrogen and oxygen atoms in total. The molecule has 0 bridgehead atoms. The second-order valence-corrected chi connectivity index (χ2v) is 11.6. The van der Waals surface area contributed by atoms with E-state index in [0.29, 0.717) is 9.80 Å². The van der Waals surface area contributed by atoms with E-state index in [1.54, 1.807) is 0 Å². The van der Waals surface area contributed by atoms with E-state index >= 15 is 0 Å². The summed E-state index contributed by atoms with van der Waals surface area (Å²) in [5.41, 5.74) is 0. The fraction of sp³-hybridized carbons (Fsp3) is 1.00. The molecule has 0 aliphatic carbocycles. The van der Waals surface area contributed by atoms with E-state index in [0.717, 1.165) is 6.92 Å². The van der Waals surface area contributed by atoms with E-state index in [9.17, 15) is 38.5 Å². The van der Waals surface area contributed by atoms with Crippen LogP contribution < -0.4 is 29.4 Å². The molecular formula is C7H22N4O12P4Pt-4. The largest absolute Gasteiger partial charge is 2.00 e. The molecule has 176 valence electrons. The van der Waals surface area contributed by atoms with Gasteiger partial charge in [-0.25, -0.2) is 0 Å². The third-order valence-electron chi connectivity index (χ3n) is 2.62. The Morgan fingerprint density at radius 2 is 1.18 bits per heavy atom. The van der Waals surface area contributed by atoms with Crippen LogP contribution >= 0.6 is 30.4 Å². The Kier molecular flexibility index (Phi) is 17.6. The monoisotopic (exact) mass is 673 g/mol. The predicted octanol–water partition coefficient (Wildman–Crippen LogP) is -3.96. The second-order valence-electron chi connectivity index (χ2n) is 5.41. The maximum absolute atomic E-state index is 11.1. The van der Waals surface area contributed by atoms with E-state index < -0.39 is 68.1 Å². The van der Waals surface area contributed by atoms with Crippen molar-refractivity contribution in [2.45, 2.75) is 13.0 Å². The van der Waals surface area contributed by atoms with Gasteiger partial charge in [-0.05, 0) is 6.92 Å². The standard InChI is InChI=1S/C7H22N2O12P4.2H2N.Pt/c1-7(9(5-24(16,17)18)6-25(19,20)21)2-8(3-22(10,11)12)4-23(13,14)15;;;/h7H,2-6H2,1H3,(H2,10,11,12)(H2,13,14,15)(H2,16,17,18)(H2,19,20,21);2*1H2;/q;2*-1;+2/p-4. The number of nitrogens with zero attached hydrogens (tertiary/aromatic N) is 2. The Labute approximate surface area is 175 Å². The maximum Gasteiger partial charge on any atom is 2.00 e. The van der Waals surface area contributed by atoms with Crippen LogP contribution in [0.1, 0.15) is 6.92 Å². The zero-order valence-corrected chi connectivity index (χ0v) is 20.2. The molecule has 0 aliphatic heterocycles. The molecule has 0 aromatic rings. The van der Waals surface area contributed by atoms with Gasteiger partial charge in [0.2, 0.25) is 0 Å². The molecule has 0 saturated heterocycles. The second kappa shape index (κ2) is 13.5. The van der Waals surface area contributed by atoms with Gasteiger partial charge in [0.1, 0.15) is 12.6 Å². The zero-order valence-electron chi connectivity index (χ0n) is 14.3. The Bertz CT molecular complexity index is 581. The fourth-order valence-electron chi connectivity index (χ4n) is 1.94. The maximum atomic E-state index is 11.1. The first-order valence-electron chi connectivity index (χ1n) is 6.35. The third-order valence-corrected chi connectivity index (χ3v) is 5.58. The van der Waals surface area contributed by atoms with Crippen molar-refractivity contribution in [2.75, 3.05) is 31.7 Å². The van der Waals surface area contributed by atoms with Gasteiger partial charge in [-0.3, -0.25) is 9.80 Å². The molecule has 0 aromatic heterocycles. The summed E-state index contributed by atoms with van der Waals surface area (Å²) in [7, 11) is -20.1. The van der Waals surface area contributed by atoms with Crippen LogP contribution in [0.5, 0.6) is 0 Å². The van der Waals surface area contributed by atoms with Gasteiger partial charge in [-0.2, -0.15) is 0 Å². The molecule has 21 heteroatoms. The van der Waals surface area contributed by atoms with Crippen LogP contribution in [0, 0.1) is 0 Å². The first kappa shape index (κ1) is 36.5. The number of rotatable bonds is 11. The summed E-state index contributed by atoms with van der Waals surface area (Å²) < 4.78 is 39.5. The fourth-order valence-corrected chi connectivity index (χ4v) is 5.37. The van der Waals surface area contributed by atoms with Crippen LogP contribution in [0.3, 0.4) is 0 Å². The number of nitrogens with two attached hydrogens (primary N) is 2. The van der Waals surface area contributed by atoms with Crippen molar-refractivity contribution in [2.24, 2.45) is 0 Å². The van der Waals surface area contributed by atoms with Gasteiger partial charge in [-0.15, -0.1) is 0 Å². The van der Waals surface area contributed by atoms with Crippen LogP contribution in [0.2, 0.25) is 0 Å². The molecule has 0 amide bonds. The van der Waals surface area contributed by atoms with Crippen molar-refractivity contribution in [1.29, 1.82) is 0 Å². The van der Waals surface area contributed by atoms with Gasteiger partial charge < -0.3 is 69.7 Å². The minimum atomic E-state index is -5.25. The van der Waals surface area contributed by atoms with Crippen LogP contribution in [0.25, 0.3) is 12.3 Å². The van der Waals surface area contributed by atoms with Crippen molar-refractivity contribution in [1.82, 2.24) is 9.80 Å². The van der Waals surface area contributed by atoms with Crippen molar-refractivity contribution in [3.63, 3.8) is 0 Å². The van der Waals surface area contributed by atoms with Crippen LogP contribution in [0.4, 0.5) is 0 Å². The van der Waals surface area contributed by atoms with Gasteiger partial charge >= 0.3 is 36.3 Å². The first-order valence-corrected chi connectivity index (χ1v) is 13.4. The average molecular weight is 673 g/mol. The summed E-state index contributed by atoms with van der Waals surface area (Å²) >= 11 is 0. The zero-order chi connectivity index (χ0) is 20.3. The molecule has 0 heterocycles. The van der Waals surface area contributed by atoms with Gasteiger partial charge in [0, 0.05) is 25.2 Å². The summed E-state index contributed by atoms with van der Waals surface area (Å²) in [6, 6.07) is -1.23. The molecule has 0 fully saturated rings. The molecule has 0 rings (SSSR count). The molecule has 28 heavy (non-hydrogen) atoms. The molecule has 8 N–H and O–H groups in total. The summed E-state index contributed by atoms with van der Waals surface area (Å²) in [5.74, 6) is 0. The van der Waals surface area contributed by atoms with E-state index in [1.807, 2.05) is 0 Å². The topological polar surface area (TPSA) is 329 Å². The van der Waals surface area contributed by atoms with Crippen LogP contribution in [-0.2, 0) is 30.2 Å². The van der Waals surface area contributed by atoms with Gasteiger partial charge in [0.15, 0.2) is 0 Å². The van der Waals surface area contributed by atoms with E-state index in [4.69, 9.17) is 18.9 Å². The molecule has 0 saturated carbocycles. The predicted molar refractivity (Wildman–Crippen MR) is 85.4 cm³/mol. The van der Waals surface area contributed by atoms with Crippen LogP contribution in [0.15, 0.2) is 0 Å². The van der Waals surface area contributed by atoms with Gasteiger partial charge in [-0.1, -0.05) is 15.2 Å². The Morgan fingerprint density at radius 1 is 0.821 bits per heavy atom. The minimum Gasteiger partial charge on any atom is -0.810 e. The summed E-state index contributed by atoms with van der Waals surface area (Å²) in [6.45, 7) is 0.484. The van der Waals surface area contributed by atoms with Gasteiger partial charge in [0.25, 0.3) is 0 Å². The normalized spacial score (nSPS) is 17.5. The quantitative estimate of drug-likeness (QED) is 0.157. The van der Waals surface area contributed by atoms with E-state index in [1.165, 1.54) is 0 Å². The molecule has 0 aromatic carbocycles. The first-order chi connectivity index (χ1) is 10.8. The smallest absolute Gasteiger partial charge is 0.810 e. The minimum absolute atomic E-state index is 0. The summed E-state index contributed by atoms with van der Waals surface area (Å²) in [4.78, 5) is 84.3. The number of hydrogen-bond donors (Lipinski definition) is 2. The summed E-state index contributed by atoms with van der Waals surface area (Å²) in [5, 5.41) is 0. The Balaban J connectivity index is -0.000000960. The molecule has 0 aliphatic rings. The van der Waals surface area contributed by atoms with Crippen LogP contribution in [-0.4, -0.2) is 66.4 Å². The molecular weight excluding hydrogens is 651 g/mol. The van der Waals surface area contributed by atoms with Crippen molar-refractivity contribution in [3.05, 3.63) is 12.3 Å². The molecule has 3 atom stereocenters. The summed E-state index contributed by atoms with van der Waals surface area (Å²) in [6.07, 6.45) is -4.95. The van der Waals surface area contributed by atoms with Crippen molar-refractivity contribution in [3.8, 4) is 0 Å². The van der Waals surface area contributed by atoms with E-state index in [2.05, 4.69) is 0 Å².